The van der Waals surface area contributed by atoms with E-state index in [2.05, 4.69) is 15.0 Å². The predicted octanol–water partition coefficient (Wildman–Crippen LogP) is 3.16. The van der Waals surface area contributed by atoms with Gasteiger partial charge in [0.15, 0.2) is 5.79 Å². The first-order valence-electron chi connectivity index (χ1n) is 9.22. The Bertz CT molecular complexity index is 1140. The standard InChI is InChI=1S/C17H16F3N5O5S/c1-9-8-29-16(30-9)2-4-25(5-3-16)15-22-14(26)11-6-10(17(18,19)20)7-12(23-24-21)13(11)31(15,27)28/h6-7,9H,2-5,8H2,1H3/t9-/m0/s1. The lowest BCUT2D eigenvalue weighted by molar-refractivity contribution is -0.188. The zero-order valence-corrected chi connectivity index (χ0v) is 16.9. The first-order valence-corrected chi connectivity index (χ1v) is 10.7. The number of hydrogen-bond donors (Lipinski definition) is 0. The number of likely N-dealkylation sites (tertiary alicyclic amines) is 1. The highest BCUT2D eigenvalue weighted by Gasteiger charge is 2.47. The van der Waals surface area contributed by atoms with Crippen LogP contribution < -0.4 is 0 Å². The molecule has 166 valence electrons. The number of piperidine rings is 1. The van der Waals surface area contributed by atoms with Gasteiger partial charge in [0.05, 0.1) is 34.4 Å². The van der Waals surface area contributed by atoms with Crippen molar-refractivity contribution in [2.75, 3.05) is 19.7 Å². The van der Waals surface area contributed by atoms with Crippen LogP contribution in [0.1, 0.15) is 35.7 Å². The first kappa shape index (κ1) is 21.6. The number of halogens is 3. The fourth-order valence-corrected chi connectivity index (χ4v) is 5.60. The molecule has 1 spiro atoms. The van der Waals surface area contributed by atoms with Crippen molar-refractivity contribution in [1.82, 2.24) is 4.90 Å². The number of benzene rings is 1. The van der Waals surface area contributed by atoms with Crippen LogP contribution in [0.15, 0.2) is 27.1 Å². The molecule has 3 heterocycles. The average molecular weight is 459 g/mol. The van der Waals surface area contributed by atoms with Crippen molar-refractivity contribution in [1.29, 1.82) is 0 Å². The predicted molar refractivity (Wildman–Crippen MR) is 99.2 cm³/mol. The maximum absolute atomic E-state index is 13.2. The van der Waals surface area contributed by atoms with Crippen molar-refractivity contribution in [2.24, 2.45) is 10.1 Å². The third-order valence-electron chi connectivity index (χ3n) is 5.28. The van der Waals surface area contributed by atoms with Crippen molar-refractivity contribution in [3.8, 4) is 0 Å². The lowest BCUT2D eigenvalue weighted by Gasteiger charge is -2.39. The van der Waals surface area contributed by atoms with Crippen molar-refractivity contribution in [2.45, 2.75) is 42.7 Å². The molecule has 1 aromatic rings. The number of azide groups is 1. The number of fused-ring (bicyclic) bond motifs is 1. The van der Waals surface area contributed by atoms with Gasteiger partial charge in [-0.15, -0.1) is 0 Å². The molecule has 1 atom stereocenters. The van der Waals surface area contributed by atoms with Crippen LogP contribution in [0.25, 0.3) is 10.4 Å². The number of sulfone groups is 1. The van der Waals surface area contributed by atoms with Crippen molar-refractivity contribution in [3.05, 3.63) is 33.7 Å². The summed E-state index contributed by atoms with van der Waals surface area (Å²) >= 11 is 0. The lowest BCUT2D eigenvalue weighted by Crippen LogP contribution is -2.50. The Hall–Kier alpha value is -2.67. The fraction of sp³-hybridized carbons (Fsp3) is 0.529. The normalized spacial score (nSPS) is 24.5. The summed E-state index contributed by atoms with van der Waals surface area (Å²) in [5, 5.41) is 2.51. The molecule has 0 aromatic heterocycles. The second-order valence-corrected chi connectivity index (χ2v) is 9.18. The quantitative estimate of drug-likeness (QED) is 0.360. The molecular formula is C17H16F3N5O5S. The van der Waals surface area contributed by atoms with E-state index >= 15 is 0 Å². The van der Waals surface area contributed by atoms with E-state index in [9.17, 15) is 26.4 Å². The van der Waals surface area contributed by atoms with Gasteiger partial charge in [-0.1, -0.05) is 5.11 Å². The molecule has 0 unspecified atom stereocenters. The second kappa shape index (κ2) is 7.19. The lowest BCUT2D eigenvalue weighted by atomic mass is 10.0. The van der Waals surface area contributed by atoms with Gasteiger partial charge in [-0.25, -0.2) is 8.42 Å². The average Bonchev–Trinajstić information content (AvgIpc) is 3.05. The number of carbonyl (C=O) groups is 1. The zero-order valence-electron chi connectivity index (χ0n) is 16.1. The smallest absolute Gasteiger partial charge is 0.347 e. The fourth-order valence-electron chi connectivity index (χ4n) is 3.88. The molecule has 14 heteroatoms. The van der Waals surface area contributed by atoms with Crippen LogP contribution in [0, 0.1) is 0 Å². The SMILES string of the molecule is C[C@H]1COC2(CCN(C3=NC(=O)c4cc(C(F)(F)F)cc(N=[N+]=[N-])c4S3(=O)=O)CC2)O1. The molecule has 2 saturated heterocycles. The van der Waals surface area contributed by atoms with E-state index in [1.165, 1.54) is 4.90 Å². The van der Waals surface area contributed by atoms with E-state index in [0.29, 0.717) is 31.6 Å². The van der Waals surface area contributed by atoms with Gasteiger partial charge in [-0.3, -0.25) is 4.79 Å². The van der Waals surface area contributed by atoms with E-state index in [4.69, 9.17) is 15.0 Å². The monoisotopic (exact) mass is 459 g/mol. The number of amides is 1. The molecule has 4 rings (SSSR count). The summed E-state index contributed by atoms with van der Waals surface area (Å²) in [6, 6.07) is 0.803. The minimum absolute atomic E-state index is 0.106. The molecule has 0 saturated carbocycles. The number of aliphatic imine (C=N–C) groups is 1. The van der Waals surface area contributed by atoms with Gasteiger partial charge < -0.3 is 14.4 Å². The Balaban J connectivity index is 1.74. The van der Waals surface area contributed by atoms with Crippen LogP contribution in [-0.2, 0) is 25.5 Å². The van der Waals surface area contributed by atoms with Crippen LogP contribution >= 0.6 is 0 Å². The van der Waals surface area contributed by atoms with Crippen molar-refractivity contribution >= 4 is 26.6 Å². The number of rotatable bonds is 1. The summed E-state index contributed by atoms with van der Waals surface area (Å²) in [6.07, 6.45) is -4.38. The summed E-state index contributed by atoms with van der Waals surface area (Å²) in [5.74, 6) is -2.00. The molecule has 31 heavy (non-hydrogen) atoms. The molecule has 3 aliphatic heterocycles. The van der Waals surface area contributed by atoms with Gasteiger partial charge >= 0.3 is 6.18 Å². The summed E-state index contributed by atoms with van der Waals surface area (Å²) in [7, 11) is -4.54. The summed E-state index contributed by atoms with van der Waals surface area (Å²) in [6.45, 7) is 2.51. The number of ether oxygens (including phenoxy) is 2. The number of nitrogens with zero attached hydrogens (tertiary/aromatic N) is 5. The topological polar surface area (TPSA) is 134 Å². The number of alkyl halides is 3. The van der Waals surface area contributed by atoms with Crippen LogP contribution in [0.4, 0.5) is 18.9 Å². The van der Waals surface area contributed by atoms with Crippen molar-refractivity contribution < 1.29 is 35.9 Å². The summed E-state index contributed by atoms with van der Waals surface area (Å²) in [5.41, 5.74) is 5.82. The summed E-state index contributed by atoms with van der Waals surface area (Å²) < 4.78 is 77.4. The van der Waals surface area contributed by atoms with E-state index in [0.717, 1.165) is 0 Å². The third-order valence-corrected chi connectivity index (χ3v) is 7.08. The molecule has 10 nitrogen and oxygen atoms in total. The van der Waals surface area contributed by atoms with Gasteiger partial charge in [0.1, 0.15) is 0 Å². The highest BCUT2D eigenvalue weighted by Crippen LogP contribution is 2.41. The molecule has 1 aromatic carbocycles. The number of amidine groups is 1. The Kier molecular flexibility index (Phi) is 5.00. The van der Waals surface area contributed by atoms with E-state index in [1.54, 1.807) is 0 Å². The van der Waals surface area contributed by atoms with Gasteiger partial charge in [0, 0.05) is 30.8 Å². The largest absolute Gasteiger partial charge is 0.416 e. The molecule has 1 amide bonds. The van der Waals surface area contributed by atoms with Crippen LogP contribution in [0.5, 0.6) is 0 Å². The Morgan fingerprint density at radius 3 is 2.55 bits per heavy atom. The second-order valence-electron chi connectivity index (χ2n) is 7.40. The Morgan fingerprint density at radius 2 is 2.00 bits per heavy atom. The van der Waals surface area contributed by atoms with Crippen LogP contribution in [0.3, 0.4) is 0 Å². The molecule has 0 bridgehead atoms. The molecule has 0 radical (unpaired) electrons. The van der Waals surface area contributed by atoms with Crippen LogP contribution in [0.2, 0.25) is 0 Å². The highest BCUT2D eigenvalue weighted by molar-refractivity contribution is 8.06. The van der Waals surface area contributed by atoms with Gasteiger partial charge in [-0.2, -0.15) is 18.2 Å². The highest BCUT2D eigenvalue weighted by atomic mass is 32.2. The van der Waals surface area contributed by atoms with Gasteiger partial charge in [-0.05, 0) is 24.6 Å². The van der Waals surface area contributed by atoms with E-state index in [1.807, 2.05) is 6.92 Å². The van der Waals surface area contributed by atoms with Gasteiger partial charge in [0.2, 0.25) is 15.0 Å². The number of hydrogen-bond acceptors (Lipinski definition) is 7. The molecule has 0 aliphatic carbocycles. The molecule has 0 N–H and O–H groups in total. The van der Waals surface area contributed by atoms with Gasteiger partial charge in [0.25, 0.3) is 5.91 Å². The van der Waals surface area contributed by atoms with E-state index < -0.39 is 54.6 Å². The maximum atomic E-state index is 13.2. The van der Waals surface area contributed by atoms with Crippen molar-refractivity contribution in [3.63, 3.8) is 0 Å². The minimum atomic E-state index is -4.89. The number of carbonyl (C=O) groups excluding carboxylic acids is 1. The Morgan fingerprint density at radius 1 is 1.32 bits per heavy atom. The summed E-state index contributed by atoms with van der Waals surface area (Å²) in [4.78, 5) is 19.1. The maximum Gasteiger partial charge on any atom is 0.416 e. The van der Waals surface area contributed by atoms with Crippen LogP contribution in [-0.4, -0.2) is 56.0 Å². The zero-order chi connectivity index (χ0) is 22.6. The first-order chi connectivity index (χ1) is 14.5. The molecule has 2 fully saturated rings. The minimum Gasteiger partial charge on any atom is -0.347 e. The molecule has 3 aliphatic rings. The van der Waals surface area contributed by atoms with E-state index in [-0.39, 0.29) is 19.2 Å². The molecular weight excluding hydrogens is 443 g/mol. The third kappa shape index (κ3) is 3.65. The Labute approximate surface area is 174 Å².